The van der Waals surface area contributed by atoms with Crippen molar-refractivity contribution in [3.8, 4) is 29.0 Å². The minimum absolute atomic E-state index is 0.0238. The fourth-order valence-corrected chi connectivity index (χ4v) is 5.94. The molecule has 0 bridgehead atoms. The van der Waals surface area contributed by atoms with Crippen molar-refractivity contribution in [3.05, 3.63) is 58.2 Å². The SMILES string of the molecule is CCOC(=O)C(C)Oc1ccc(C)cc1OS(=O)Nc1cc(-c2nc3c(C#N)c(C(=O)OC)c(Cl)n3[nH]2)ccc1N1CCCC1. The molecule has 2 aromatic carbocycles. The first kappa shape index (κ1) is 31.7. The van der Waals surface area contributed by atoms with Crippen LogP contribution in [-0.2, 0) is 25.5 Å². The van der Waals surface area contributed by atoms with Gasteiger partial charge in [0.05, 0.1) is 25.1 Å². The van der Waals surface area contributed by atoms with Gasteiger partial charge in [0.25, 0.3) is 0 Å². The monoisotopic (exact) mass is 654 g/mol. The summed E-state index contributed by atoms with van der Waals surface area (Å²) in [6, 6.07) is 12.5. The van der Waals surface area contributed by atoms with E-state index in [2.05, 4.69) is 19.7 Å². The van der Waals surface area contributed by atoms with Gasteiger partial charge in [0.2, 0.25) is 0 Å². The number of rotatable bonds is 11. The number of H-pyrrole nitrogens is 1. The van der Waals surface area contributed by atoms with Gasteiger partial charge in [-0.1, -0.05) is 17.7 Å². The number of hydrogen-bond donors (Lipinski definition) is 2. The third-order valence-electron chi connectivity index (χ3n) is 7.12. The van der Waals surface area contributed by atoms with Crippen molar-refractivity contribution >= 4 is 51.8 Å². The molecule has 0 saturated carbocycles. The molecular weight excluding hydrogens is 624 g/mol. The summed E-state index contributed by atoms with van der Waals surface area (Å²) in [5, 5.41) is 12.7. The number of carbonyl (C=O) groups excluding carboxylic acids is 2. The normalized spacial score (nSPS) is 14.1. The van der Waals surface area contributed by atoms with Crippen LogP contribution in [0.4, 0.5) is 11.4 Å². The zero-order valence-corrected chi connectivity index (χ0v) is 26.6. The quantitative estimate of drug-likeness (QED) is 0.212. The molecule has 2 unspecified atom stereocenters. The van der Waals surface area contributed by atoms with Crippen LogP contribution >= 0.6 is 11.6 Å². The van der Waals surface area contributed by atoms with Crippen LogP contribution in [0.2, 0.25) is 5.15 Å². The van der Waals surface area contributed by atoms with Crippen molar-refractivity contribution in [2.75, 3.05) is 36.4 Å². The van der Waals surface area contributed by atoms with Gasteiger partial charge in [-0.15, -0.1) is 0 Å². The molecule has 2 N–H and O–H groups in total. The second-order valence-electron chi connectivity index (χ2n) is 10.2. The molecule has 1 aliphatic rings. The lowest BCUT2D eigenvalue weighted by Crippen LogP contribution is -2.26. The lowest BCUT2D eigenvalue weighted by atomic mass is 10.1. The van der Waals surface area contributed by atoms with E-state index in [1.54, 1.807) is 38.1 Å². The second kappa shape index (κ2) is 13.5. The van der Waals surface area contributed by atoms with Gasteiger partial charge in [0.15, 0.2) is 29.1 Å². The van der Waals surface area contributed by atoms with Crippen LogP contribution in [0.3, 0.4) is 0 Å². The summed E-state index contributed by atoms with van der Waals surface area (Å²) in [5.41, 5.74) is 2.79. The number of aryl methyl sites for hydroxylation is 1. The number of aromatic amines is 1. The highest BCUT2D eigenvalue weighted by molar-refractivity contribution is 7.82. The van der Waals surface area contributed by atoms with Gasteiger partial charge in [0, 0.05) is 18.7 Å². The fourth-order valence-electron chi connectivity index (χ4n) is 4.97. The summed E-state index contributed by atoms with van der Waals surface area (Å²) in [6.07, 6.45) is 1.13. The highest BCUT2D eigenvalue weighted by atomic mass is 35.5. The molecule has 0 amide bonds. The van der Waals surface area contributed by atoms with Gasteiger partial charge in [-0.2, -0.15) is 9.47 Å². The maximum absolute atomic E-state index is 13.4. The Kier molecular flexibility index (Phi) is 9.50. The Morgan fingerprint density at radius 1 is 1.20 bits per heavy atom. The summed E-state index contributed by atoms with van der Waals surface area (Å²) in [5.74, 6) is -0.525. The van der Waals surface area contributed by atoms with E-state index in [4.69, 9.17) is 30.0 Å². The minimum Gasteiger partial charge on any atom is -0.475 e. The van der Waals surface area contributed by atoms with E-state index >= 15 is 0 Å². The number of nitrogens with zero attached hydrogens (tertiary/aromatic N) is 4. The van der Waals surface area contributed by atoms with Crippen LogP contribution in [0.5, 0.6) is 11.5 Å². The number of fused-ring (bicyclic) bond motifs is 1. The summed E-state index contributed by atoms with van der Waals surface area (Å²) in [4.78, 5) is 31.1. The number of carbonyl (C=O) groups is 2. The Bertz CT molecular complexity index is 1830. The van der Waals surface area contributed by atoms with Gasteiger partial charge in [-0.25, -0.2) is 19.1 Å². The number of hydrogen-bond acceptors (Lipinski definition) is 10. The lowest BCUT2D eigenvalue weighted by Gasteiger charge is -2.22. The molecule has 1 aliphatic heterocycles. The van der Waals surface area contributed by atoms with Crippen molar-refractivity contribution < 1.29 is 32.2 Å². The number of esters is 2. The minimum atomic E-state index is -2.09. The van der Waals surface area contributed by atoms with E-state index in [1.165, 1.54) is 11.6 Å². The van der Waals surface area contributed by atoms with Crippen LogP contribution in [0.15, 0.2) is 36.4 Å². The summed E-state index contributed by atoms with van der Waals surface area (Å²) in [7, 11) is 1.20. The van der Waals surface area contributed by atoms with Crippen LogP contribution in [0.25, 0.3) is 17.0 Å². The number of ether oxygens (including phenoxy) is 3. The third kappa shape index (κ3) is 6.54. The number of nitrogens with one attached hydrogen (secondary N) is 2. The van der Waals surface area contributed by atoms with E-state index in [0.717, 1.165) is 37.2 Å². The Hall–Kier alpha value is -4.74. The largest absolute Gasteiger partial charge is 0.475 e. The van der Waals surface area contributed by atoms with Gasteiger partial charge < -0.3 is 23.3 Å². The highest BCUT2D eigenvalue weighted by Gasteiger charge is 2.27. The molecule has 0 aliphatic carbocycles. The van der Waals surface area contributed by atoms with E-state index in [0.29, 0.717) is 17.1 Å². The van der Waals surface area contributed by atoms with E-state index in [-0.39, 0.29) is 40.0 Å². The number of aromatic nitrogens is 3. The van der Waals surface area contributed by atoms with Crippen molar-refractivity contribution in [1.82, 2.24) is 14.6 Å². The van der Waals surface area contributed by atoms with Gasteiger partial charge in [-0.05, 0) is 69.5 Å². The van der Waals surface area contributed by atoms with Crippen molar-refractivity contribution in [2.45, 2.75) is 39.7 Å². The Balaban J connectivity index is 1.46. The smallest absolute Gasteiger partial charge is 0.347 e. The fraction of sp³-hybridized carbons (Fsp3) is 0.333. The van der Waals surface area contributed by atoms with Crippen molar-refractivity contribution in [1.29, 1.82) is 5.26 Å². The van der Waals surface area contributed by atoms with Gasteiger partial charge in [0.1, 0.15) is 22.3 Å². The molecule has 236 valence electrons. The molecule has 45 heavy (non-hydrogen) atoms. The number of anilines is 2. The molecule has 0 spiro atoms. The molecule has 0 radical (unpaired) electrons. The zero-order chi connectivity index (χ0) is 32.2. The molecule has 1 fully saturated rings. The molecular formula is C30H31ClN6O7S. The van der Waals surface area contributed by atoms with Crippen LogP contribution in [-0.4, -0.2) is 63.7 Å². The van der Waals surface area contributed by atoms with Crippen molar-refractivity contribution in [2.24, 2.45) is 0 Å². The standard InChI is InChI=1S/C30H31ClN6O7S/c1-5-42-29(38)18(3)43-23-11-8-17(2)14-24(23)44-45(40)35-21-15-19(9-10-22(21)36-12-6-7-13-36)27-33-28-20(16-32)25(30(39)41-4)26(31)37(28)34-27/h8-11,14-15,18,35H,5-7,12-13H2,1-4H3,(H,33,34). The molecule has 2 atom stereocenters. The van der Waals surface area contributed by atoms with Gasteiger partial charge in [-0.3, -0.25) is 9.82 Å². The van der Waals surface area contributed by atoms with Gasteiger partial charge >= 0.3 is 23.2 Å². The van der Waals surface area contributed by atoms with E-state index in [9.17, 15) is 19.1 Å². The van der Waals surface area contributed by atoms with E-state index < -0.39 is 29.3 Å². The van der Waals surface area contributed by atoms with Crippen LogP contribution < -0.4 is 18.5 Å². The maximum Gasteiger partial charge on any atom is 0.347 e. The molecule has 13 nitrogen and oxygen atoms in total. The first-order chi connectivity index (χ1) is 21.6. The molecule has 1 saturated heterocycles. The third-order valence-corrected chi connectivity index (χ3v) is 8.20. The predicted octanol–water partition coefficient (Wildman–Crippen LogP) is 4.95. The summed E-state index contributed by atoms with van der Waals surface area (Å²) >= 11 is 4.33. The first-order valence-electron chi connectivity index (χ1n) is 14.1. The van der Waals surface area contributed by atoms with Crippen LogP contribution in [0.1, 0.15) is 48.2 Å². The van der Waals surface area contributed by atoms with Crippen LogP contribution in [0, 0.1) is 18.3 Å². The van der Waals surface area contributed by atoms with E-state index in [1.807, 2.05) is 25.1 Å². The number of methoxy groups -OCH3 is 1. The topological polar surface area (TPSA) is 160 Å². The molecule has 3 heterocycles. The highest BCUT2D eigenvalue weighted by Crippen LogP contribution is 2.36. The molecule has 2 aromatic heterocycles. The first-order valence-corrected chi connectivity index (χ1v) is 15.6. The Morgan fingerprint density at radius 3 is 2.64 bits per heavy atom. The molecule has 5 rings (SSSR count). The number of nitriles is 1. The summed E-state index contributed by atoms with van der Waals surface area (Å²) in [6.45, 7) is 6.98. The molecule has 4 aromatic rings. The number of halogens is 1. The number of benzene rings is 2. The maximum atomic E-state index is 13.4. The Morgan fingerprint density at radius 2 is 1.96 bits per heavy atom. The zero-order valence-electron chi connectivity index (χ0n) is 25.0. The summed E-state index contributed by atoms with van der Waals surface area (Å²) < 4.78 is 39.1. The molecule has 15 heteroatoms. The Labute approximate surface area is 266 Å². The average Bonchev–Trinajstić information content (AvgIpc) is 3.76. The predicted molar refractivity (Wildman–Crippen MR) is 168 cm³/mol. The average molecular weight is 655 g/mol. The van der Waals surface area contributed by atoms with Crippen molar-refractivity contribution in [3.63, 3.8) is 0 Å². The lowest BCUT2D eigenvalue weighted by molar-refractivity contribution is -0.150. The second-order valence-corrected chi connectivity index (χ2v) is 11.4.